The Morgan fingerprint density at radius 1 is 1.65 bits per heavy atom. The summed E-state index contributed by atoms with van der Waals surface area (Å²) in [4.78, 5) is 0. The van der Waals surface area contributed by atoms with Gasteiger partial charge in [-0.2, -0.15) is 5.10 Å². The molecular weight excluding hydrogens is 330 g/mol. The van der Waals surface area contributed by atoms with E-state index in [2.05, 4.69) is 25.8 Å². The van der Waals surface area contributed by atoms with E-state index < -0.39 is 15.6 Å². The van der Waals surface area contributed by atoms with Gasteiger partial charge in [0.1, 0.15) is 0 Å². The van der Waals surface area contributed by atoms with Gasteiger partial charge in [-0.1, -0.05) is 34.5 Å². The fraction of sp³-hybridized carbons (Fsp3) is 0.667. The van der Waals surface area contributed by atoms with Gasteiger partial charge in [-0.25, -0.2) is 13.1 Å². The van der Waals surface area contributed by atoms with Gasteiger partial charge >= 0.3 is 0 Å². The molecule has 0 aliphatic heterocycles. The molecule has 0 aliphatic carbocycles. The zero-order valence-corrected chi connectivity index (χ0v) is 13.0. The Hall–Kier alpha value is -0.110. The van der Waals surface area contributed by atoms with Crippen molar-refractivity contribution in [3.05, 3.63) is 11.2 Å². The highest BCUT2D eigenvalue weighted by Gasteiger charge is 2.31. The fourth-order valence-electron chi connectivity index (χ4n) is 1.27. The van der Waals surface area contributed by atoms with Crippen LogP contribution in [0.5, 0.6) is 0 Å². The number of aryl methyl sites for hydroxylation is 1. The van der Waals surface area contributed by atoms with E-state index in [0.717, 1.165) is 0 Å². The summed E-state index contributed by atoms with van der Waals surface area (Å²) in [5.41, 5.74) is -0.549. The molecule has 1 heterocycles. The molecule has 1 aromatic heterocycles. The summed E-state index contributed by atoms with van der Waals surface area (Å²) in [6, 6.07) is 0. The van der Waals surface area contributed by atoms with Gasteiger partial charge in [0.05, 0.1) is 11.2 Å². The molecule has 1 unspecified atom stereocenters. The lowest BCUT2D eigenvalue weighted by Gasteiger charge is -2.26. The minimum Gasteiger partial charge on any atom is -0.255 e. The van der Waals surface area contributed by atoms with Crippen LogP contribution in [0.25, 0.3) is 0 Å². The Morgan fingerprint density at radius 2 is 2.24 bits per heavy atom. The summed E-state index contributed by atoms with van der Waals surface area (Å²) in [5.74, 6) is 0. The molecule has 5 nitrogen and oxygen atoms in total. The molecule has 17 heavy (non-hydrogen) atoms. The minimum absolute atomic E-state index is 0.0141. The quantitative estimate of drug-likeness (QED) is 0.830. The van der Waals surface area contributed by atoms with Crippen molar-refractivity contribution >= 4 is 37.6 Å². The van der Waals surface area contributed by atoms with Gasteiger partial charge in [-0.15, -0.1) is 0 Å². The zero-order chi connectivity index (χ0) is 13.3. The minimum atomic E-state index is -3.67. The molecule has 1 rings (SSSR count). The van der Waals surface area contributed by atoms with Crippen molar-refractivity contribution in [1.29, 1.82) is 0 Å². The van der Waals surface area contributed by atoms with Crippen LogP contribution in [-0.2, 0) is 17.1 Å². The molecule has 1 atom stereocenters. The lowest BCUT2D eigenvalue weighted by atomic mass is 10.0. The topological polar surface area (TPSA) is 64.0 Å². The molecule has 8 heteroatoms. The number of alkyl halides is 1. The van der Waals surface area contributed by atoms with Gasteiger partial charge < -0.3 is 0 Å². The number of nitrogens with zero attached hydrogens (tertiary/aromatic N) is 2. The number of aromatic nitrogens is 2. The van der Waals surface area contributed by atoms with E-state index in [9.17, 15) is 8.42 Å². The van der Waals surface area contributed by atoms with E-state index in [-0.39, 0.29) is 10.0 Å². The molecule has 0 aliphatic rings. The summed E-state index contributed by atoms with van der Waals surface area (Å²) in [6.45, 7) is 3.73. The molecule has 0 spiro atoms. The molecule has 0 saturated carbocycles. The van der Waals surface area contributed by atoms with Gasteiger partial charge in [0.2, 0.25) is 0 Å². The summed E-state index contributed by atoms with van der Waals surface area (Å²) in [7, 11) is -2.13. The molecule has 0 amide bonds. The summed E-state index contributed by atoms with van der Waals surface area (Å²) in [5, 5.41) is 4.44. The largest absolute Gasteiger partial charge is 0.259 e. The third-order valence-corrected chi connectivity index (χ3v) is 5.93. The van der Waals surface area contributed by atoms with E-state index in [1.54, 1.807) is 0 Å². The van der Waals surface area contributed by atoms with Gasteiger partial charge in [0.25, 0.3) is 10.0 Å². The predicted molar refractivity (Wildman–Crippen MR) is 71.0 cm³/mol. The van der Waals surface area contributed by atoms with Crippen LogP contribution >= 0.6 is 27.5 Å². The van der Waals surface area contributed by atoms with Gasteiger partial charge in [-0.05, 0) is 13.3 Å². The SMILES string of the molecule is CCC(C)(CBr)NS(=O)(=O)c1c(Cl)cnn1C. The summed E-state index contributed by atoms with van der Waals surface area (Å²) >= 11 is 9.13. The van der Waals surface area contributed by atoms with Crippen LogP contribution in [0, 0.1) is 0 Å². The molecular formula is C9H15BrClN3O2S. The Balaban J connectivity index is 3.14. The number of nitrogens with one attached hydrogen (secondary N) is 1. The molecule has 98 valence electrons. The van der Waals surface area contributed by atoms with Crippen molar-refractivity contribution in [3.8, 4) is 0 Å². The van der Waals surface area contributed by atoms with Crippen molar-refractivity contribution in [1.82, 2.24) is 14.5 Å². The number of halogens is 2. The Bertz CT molecular complexity index is 477. The average Bonchev–Trinajstić information content (AvgIpc) is 2.58. The maximum absolute atomic E-state index is 12.2. The second-order valence-electron chi connectivity index (χ2n) is 4.07. The van der Waals surface area contributed by atoms with Crippen LogP contribution in [0.3, 0.4) is 0 Å². The van der Waals surface area contributed by atoms with Gasteiger partial charge in [0, 0.05) is 17.9 Å². The third kappa shape index (κ3) is 3.21. The molecule has 1 aromatic rings. The molecule has 0 aromatic carbocycles. The van der Waals surface area contributed by atoms with Gasteiger partial charge in [-0.3, -0.25) is 4.68 Å². The van der Waals surface area contributed by atoms with Crippen LogP contribution < -0.4 is 4.72 Å². The Kier molecular flexibility index (Phi) is 4.62. The first kappa shape index (κ1) is 14.9. The first-order chi connectivity index (χ1) is 7.75. The van der Waals surface area contributed by atoms with Crippen LogP contribution in [-0.4, -0.2) is 29.1 Å². The smallest absolute Gasteiger partial charge is 0.255 e. The fourth-order valence-corrected chi connectivity index (χ4v) is 4.13. The first-order valence-electron chi connectivity index (χ1n) is 5.03. The van der Waals surface area contributed by atoms with Gasteiger partial charge in [0.15, 0.2) is 5.03 Å². The molecule has 1 N–H and O–H groups in total. The highest BCUT2D eigenvalue weighted by atomic mass is 79.9. The highest BCUT2D eigenvalue weighted by Crippen LogP contribution is 2.23. The second kappa shape index (κ2) is 5.26. The number of rotatable bonds is 5. The standard InChI is InChI=1S/C9H15BrClN3O2S/c1-4-9(2,6-10)13-17(15,16)8-7(11)5-12-14(8)3/h5,13H,4,6H2,1-3H3. The zero-order valence-electron chi connectivity index (χ0n) is 9.87. The predicted octanol–water partition coefficient (Wildman–Crippen LogP) is 1.92. The lowest BCUT2D eigenvalue weighted by Crippen LogP contribution is -2.47. The van der Waals surface area contributed by atoms with Crippen molar-refractivity contribution in [2.45, 2.75) is 30.8 Å². The molecule has 0 saturated heterocycles. The van der Waals surface area contributed by atoms with E-state index >= 15 is 0 Å². The summed E-state index contributed by atoms with van der Waals surface area (Å²) in [6.07, 6.45) is 1.97. The van der Waals surface area contributed by atoms with E-state index in [0.29, 0.717) is 11.8 Å². The second-order valence-corrected chi connectivity index (χ2v) is 6.64. The van der Waals surface area contributed by atoms with Crippen molar-refractivity contribution in [2.24, 2.45) is 7.05 Å². The third-order valence-electron chi connectivity index (χ3n) is 2.55. The maximum Gasteiger partial charge on any atom is 0.259 e. The van der Waals surface area contributed by atoms with Crippen molar-refractivity contribution < 1.29 is 8.42 Å². The molecule has 0 fully saturated rings. The van der Waals surface area contributed by atoms with Crippen LogP contribution in [0.1, 0.15) is 20.3 Å². The van der Waals surface area contributed by atoms with E-state index in [1.165, 1.54) is 17.9 Å². The summed E-state index contributed by atoms with van der Waals surface area (Å²) < 4.78 is 28.3. The number of hydrogen-bond acceptors (Lipinski definition) is 3. The van der Waals surface area contributed by atoms with E-state index in [4.69, 9.17) is 11.6 Å². The molecule has 0 bridgehead atoms. The first-order valence-corrected chi connectivity index (χ1v) is 8.01. The van der Waals surface area contributed by atoms with Crippen molar-refractivity contribution in [2.75, 3.05) is 5.33 Å². The van der Waals surface area contributed by atoms with Crippen LogP contribution in [0.15, 0.2) is 11.2 Å². The maximum atomic E-state index is 12.2. The van der Waals surface area contributed by atoms with E-state index in [1.807, 2.05) is 13.8 Å². The van der Waals surface area contributed by atoms with Crippen LogP contribution in [0.2, 0.25) is 5.02 Å². The normalized spacial score (nSPS) is 15.8. The highest BCUT2D eigenvalue weighted by molar-refractivity contribution is 9.09. The molecule has 0 radical (unpaired) electrons. The number of sulfonamides is 1. The lowest BCUT2D eigenvalue weighted by molar-refractivity contribution is 0.446. The number of hydrogen-bond donors (Lipinski definition) is 1. The average molecular weight is 345 g/mol. The Morgan fingerprint density at radius 3 is 2.59 bits per heavy atom. The van der Waals surface area contributed by atoms with Crippen LogP contribution in [0.4, 0.5) is 0 Å². The monoisotopic (exact) mass is 343 g/mol. The Labute approximate surface area is 115 Å². The van der Waals surface area contributed by atoms with Crippen molar-refractivity contribution in [3.63, 3.8) is 0 Å².